The lowest BCUT2D eigenvalue weighted by Gasteiger charge is -2.35. The Kier molecular flexibility index (Phi) is 5.36. The largest absolute Gasteiger partial charge is 0.497 e. The number of aromatic amines is 1. The number of aliphatic hydroxyl groups is 1. The van der Waals surface area contributed by atoms with Gasteiger partial charge in [0, 0.05) is 29.7 Å². The number of fused-ring (bicyclic) bond motifs is 5. The van der Waals surface area contributed by atoms with Crippen LogP contribution in [0.2, 0.25) is 0 Å². The van der Waals surface area contributed by atoms with Crippen molar-refractivity contribution in [1.82, 2.24) is 9.97 Å². The third-order valence-corrected chi connectivity index (χ3v) is 7.41. The molecular formula is C29H26N2O7. The zero-order valence-corrected chi connectivity index (χ0v) is 21.3. The van der Waals surface area contributed by atoms with E-state index in [-0.39, 0.29) is 17.7 Å². The van der Waals surface area contributed by atoms with Gasteiger partial charge in [0.2, 0.25) is 0 Å². The number of H-pyrrole nitrogens is 1. The monoisotopic (exact) mass is 514 g/mol. The summed E-state index contributed by atoms with van der Waals surface area (Å²) in [5.41, 5.74) is -1.40. The fourth-order valence-corrected chi connectivity index (χ4v) is 5.57. The fourth-order valence-electron chi connectivity index (χ4n) is 5.57. The normalized spacial score (nSPS) is 20.7. The molecule has 9 nitrogen and oxygen atoms in total. The predicted molar refractivity (Wildman–Crippen MR) is 138 cm³/mol. The topological polar surface area (TPSA) is 112 Å². The number of ether oxygens (including phenoxy) is 5. The van der Waals surface area contributed by atoms with E-state index in [9.17, 15) is 9.90 Å². The Morgan fingerprint density at radius 3 is 2.32 bits per heavy atom. The van der Waals surface area contributed by atoms with Crippen LogP contribution in [-0.4, -0.2) is 43.5 Å². The van der Waals surface area contributed by atoms with E-state index >= 15 is 0 Å². The smallest absolute Gasteiger partial charge is 0.254 e. The lowest BCUT2D eigenvalue weighted by molar-refractivity contribution is -0.0819. The van der Waals surface area contributed by atoms with Gasteiger partial charge < -0.3 is 33.8 Å². The van der Waals surface area contributed by atoms with Gasteiger partial charge in [0.25, 0.3) is 5.56 Å². The Labute approximate surface area is 218 Å². The molecule has 2 aliphatic rings. The van der Waals surface area contributed by atoms with Crippen molar-refractivity contribution in [2.24, 2.45) is 0 Å². The van der Waals surface area contributed by atoms with Gasteiger partial charge in [-0.15, -0.1) is 0 Å². The van der Waals surface area contributed by atoms with Gasteiger partial charge in [-0.05, 0) is 29.8 Å². The zero-order chi connectivity index (χ0) is 26.7. The number of methoxy groups -OCH3 is 4. The molecule has 2 N–H and O–H groups in total. The molecule has 1 aliphatic carbocycles. The van der Waals surface area contributed by atoms with Crippen LogP contribution in [0, 0.1) is 0 Å². The van der Waals surface area contributed by atoms with Gasteiger partial charge >= 0.3 is 0 Å². The molecule has 1 aliphatic heterocycles. The van der Waals surface area contributed by atoms with Crippen LogP contribution in [-0.2, 0) is 17.6 Å². The molecule has 4 aromatic rings. The SMILES string of the molecule is COc1ccc([C@@]23Cc4c(nc(-c5cccc(OC)c5)[nH]c4=O)[C@]2(O)c2c(OC)cc(OC)cc2O3)cc1. The van der Waals surface area contributed by atoms with Gasteiger partial charge in [-0.1, -0.05) is 24.3 Å². The fraction of sp³-hybridized carbons (Fsp3) is 0.241. The zero-order valence-electron chi connectivity index (χ0n) is 21.3. The van der Waals surface area contributed by atoms with E-state index in [0.29, 0.717) is 56.8 Å². The van der Waals surface area contributed by atoms with Crippen LogP contribution in [0.15, 0.2) is 65.5 Å². The van der Waals surface area contributed by atoms with Gasteiger partial charge in [-0.3, -0.25) is 4.79 Å². The van der Waals surface area contributed by atoms with Crippen LogP contribution in [0.25, 0.3) is 11.4 Å². The van der Waals surface area contributed by atoms with Gasteiger partial charge in [0.1, 0.15) is 34.6 Å². The Bertz CT molecular complexity index is 1610. The number of aromatic nitrogens is 2. The van der Waals surface area contributed by atoms with Crippen molar-refractivity contribution in [3.8, 4) is 40.1 Å². The maximum atomic E-state index is 13.5. The van der Waals surface area contributed by atoms with Crippen LogP contribution in [0.4, 0.5) is 0 Å². The van der Waals surface area contributed by atoms with Crippen molar-refractivity contribution in [2.45, 2.75) is 17.6 Å². The van der Waals surface area contributed by atoms with Gasteiger partial charge in [-0.2, -0.15) is 0 Å². The minimum absolute atomic E-state index is 0.0754. The lowest BCUT2D eigenvalue weighted by atomic mass is 9.76. The molecule has 0 saturated heterocycles. The molecule has 38 heavy (non-hydrogen) atoms. The summed E-state index contributed by atoms with van der Waals surface area (Å²) in [4.78, 5) is 21.2. The number of benzene rings is 3. The van der Waals surface area contributed by atoms with Crippen LogP contribution in [0.1, 0.15) is 22.4 Å². The van der Waals surface area contributed by atoms with E-state index in [1.807, 2.05) is 18.2 Å². The Morgan fingerprint density at radius 1 is 0.895 bits per heavy atom. The molecule has 1 aromatic heterocycles. The average Bonchev–Trinajstić information content (AvgIpc) is 3.37. The summed E-state index contributed by atoms with van der Waals surface area (Å²) in [5.74, 6) is 2.80. The van der Waals surface area contributed by atoms with Crippen molar-refractivity contribution in [1.29, 1.82) is 0 Å². The number of hydrogen-bond acceptors (Lipinski definition) is 8. The summed E-state index contributed by atoms with van der Waals surface area (Å²) >= 11 is 0. The van der Waals surface area contributed by atoms with Crippen molar-refractivity contribution >= 4 is 0 Å². The van der Waals surface area contributed by atoms with Crippen LogP contribution in [0.5, 0.6) is 28.7 Å². The van der Waals surface area contributed by atoms with Crippen LogP contribution < -0.4 is 29.2 Å². The standard InChI is InChI=1S/C29H26N2O7/c1-34-18-10-8-17(9-11-18)28-15-21-25(30-26(31-27(21)32)16-6-5-7-19(12-16)35-2)29(28,33)24-22(37-4)13-20(36-3)14-23(24)38-28/h5-14,33H,15H2,1-4H3,(H,30,31,32)/t28-,29+/m0/s1. The van der Waals surface area contributed by atoms with E-state index in [2.05, 4.69) is 4.98 Å². The third-order valence-electron chi connectivity index (χ3n) is 7.41. The molecule has 0 bridgehead atoms. The second-order valence-electron chi connectivity index (χ2n) is 9.22. The summed E-state index contributed by atoms with van der Waals surface area (Å²) < 4.78 is 28.5. The molecule has 194 valence electrons. The lowest BCUT2D eigenvalue weighted by Crippen LogP contribution is -2.47. The van der Waals surface area contributed by atoms with Gasteiger partial charge in [-0.25, -0.2) is 4.98 Å². The number of nitrogens with one attached hydrogen (secondary N) is 1. The number of rotatable bonds is 6. The maximum Gasteiger partial charge on any atom is 0.254 e. The average molecular weight is 515 g/mol. The predicted octanol–water partition coefficient (Wildman–Crippen LogP) is 3.55. The van der Waals surface area contributed by atoms with E-state index in [1.165, 1.54) is 7.11 Å². The molecule has 2 heterocycles. The molecular weight excluding hydrogens is 488 g/mol. The third kappa shape index (κ3) is 3.15. The summed E-state index contributed by atoms with van der Waals surface area (Å²) in [6.45, 7) is 0. The van der Waals surface area contributed by atoms with Crippen molar-refractivity contribution in [2.75, 3.05) is 28.4 Å². The highest BCUT2D eigenvalue weighted by atomic mass is 16.5. The maximum absolute atomic E-state index is 13.5. The Morgan fingerprint density at radius 2 is 1.63 bits per heavy atom. The molecule has 6 rings (SSSR count). The molecule has 0 unspecified atom stereocenters. The first-order valence-electron chi connectivity index (χ1n) is 12.0. The minimum Gasteiger partial charge on any atom is -0.497 e. The van der Waals surface area contributed by atoms with Crippen molar-refractivity contribution in [3.63, 3.8) is 0 Å². The molecule has 9 heteroatoms. The Hall–Kier alpha value is -4.50. The van der Waals surface area contributed by atoms with E-state index < -0.39 is 11.2 Å². The quantitative estimate of drug-likeness (QED) is 0.402. The van der Waals surface area contributed by atoms with Crippen LogP contribution >= 0.6 is 0 Å². The number of nitrogens with zero attached hydrogens (tertiary/aromatic N) is 1. The van der Waals surface area contributed by atoms with Crippen LogP contribution in [0.3, 0.4) is 0 Å². The number of hydrogen-bond donors (Lipinski definition) is 2. The molecule has 0 amide bonds. The van der Waals surface area contributed by atoms with Crippen molar-refractivity contribution < 1.29 is 28.8 Å². The summed E-state index contributed by atoms with van der Waals surface area (Å²) in [7, 11) is 6.20. The summed E-state index contributed by atoms with van der Waals surface area (Å²) in [5, 5.41) is 12.8. The summed E-state index contributed by atoms with van der Waals surface area (Å²) in [6.07, 6.45) is 0.0754. The second-order valence-corrected chi connectivity index (χ2v) is 9.22. The van der Waals surface area contributed by atoms with Gasteiger partial charge in [0.05, 0.1) is 39.7 Å². The first-order valence-corrected chi connectivity index (χ1v) is 12.0. The van der Waals surface area contributed by atoms with E-state index in [1.54, 1.807) is 63.8 Å². The first-order chi connectivity index (χ1) is 18.4. The molecule has 0 fully saturated rings. The van der Waals surface area contributed by atoms with E-state index in [0.717, 1.165) is 0 Å². The highest BCUT2D eigenvalue weighted by Gasteiger charge is 2.69. The van der Waals surface area contributed by atoms with E-state index in [4.69, 9.17) is 28.7 Å². The second kappa shape index (κ2) is 8.53. The highest BCUT2D eigenvalue weighted by Crippen LogP contribution is 2.64. The van der Waals surface area contributed by atoms with Crippen molar-refractivity contribution in [3.05, 3.63) is 93.4 Å². The summed E-state index contributed by atoms with van der Waals surface area (Å²) in [6, 6.07) is 17.8. The Balaban J connectivity index is 1.65. The highest BCUT2D eigenvalue weighted by molar-refractivity contribution is 5.67. The molecule has 3 aromatic carbocycles. The molecule has 0 saturated carbocycles. The molecule has 0 radical (unpaired) electrons. The molecule has 0 spiro atoms. The van der Waals surface area contributed by atoms with Gasteiger partial charge in [0.15, 0.2) is 11.2 Å². The first kappa shape index (κ1) is 23.9. The molecule has 2 atom stereocenters. The minimum atomic E-state index is -1.86.